The third kappa shape index (κ3) is 7.25. The standard InChI is InChI=1S/C28H36N4O7S.ClH/c1-3-21-7-4-5-8-24(21)26-29-25(39-31-26)9-6-19-38-22-10-12-23(13-11-22)40(35,36)28(27(33)30-34)14-16-32(17-15-28)18-20-37-2;/h4-5,7-8,10-13,34H,3,6,9,14-20H2,1-2H3,(H,30,33);1H. The second-order valence-corrected chi connectivity index (χ2v) is 12.0. The van der Waals surface area contributed by atoms with Gasteiger partial charge in [0.15, 0.2) is 14.6 Å². The number of halogens is 1. The molecule has 0 spiro atoms. The summed E-state index contributed by atoms with van der Waals surface area (Å²) in [4.78, 5) is 19.2. The van der Waals surface area contributed by atoms with E-state index in [1.807, 2.05) is 29.2 Å². The van der Waals surface area contributed by atoms with Crippen LogP contribution in [0.1, 0.15) is 37.6 Å². The van der Waals surface area contributed by atoms with Crippen LogP contribution in [0.3, 0.4) is 0 Å². The number of sulfone groups is 1. The Morgan fingerprint density at radius 3 is 2.49 bits per heavy atom. The number of carbonyl (C=O) groups is 1. The molecule has 41 heavy (non-hydrogen) atoms. The highest BCUT2D eigenvalue weighted by atomic mass is 35.5. The van der Waals surface area contributed by atoms with E-state index < -0.39 is 20.5 Å². The Morgan fingerprint density at radius 1 is 1.12 bits per heavy atom. The molecule has 224 valence electrons. The number of piperidine rings is 1. The quantitative estimate of drug-likeness (QED) is 0.168. The summed E-state index contributed by atoms with van der Waals surface area (Å²) in [5, 5.41) is 13.5. The molecule has 1 aliphatic rings. The number of nitrogens with zero attached hydrogens (tertiary/aromatic N) is 3. The molecular formula is C28H37ClN4O7S. The summed E-state index contributed by atoms with van der Waals surface area (Å²) in [5.41, 5.74) is 3.69. The second-order valence-electron chi connectivity index (χ2n) is 9.72. The van der Waals surface area contributed by atoms with Gasteiger partial charge < -0.3 is 18.9 Å². The van der Waals surface area contributed by atoms with Crippen LogP contribution in [0.2, 0.25) is 0 Å². The average molecular weight is 609 g/mol. The molecule has 0 unspecified atom stereocenters. The third-order valence-corrected chi connectivity index (χ3v) is 9.87. The van der Waals surface area contributed by atoms with Crippen molar-refractivity contribution >= 4 is 28.2 Å². The van der Waals surface area contributed by atoms with Crippen molar-refractivity contribution in [3.63, 3.8) is 0 Å². The predicted molar refractivity (Wildman–Crippen MR) is 154 cm³/mol. The van der Waals surface area contributed by atoms with Gasteiger partial charge in [-0.2, -0.15) is 4.98 Å². The molecule has 0 atom stereocenters. The molecule has 4 rings (SSSR count). The number of benzene rings is 2. The van der Waals surface area contributed by atoms with E-state index in [2.05, 4.69) is 17.1 Å². The number of nitrogens with one attached hydrogen (secondary N) is 1. The summed E-state index contributed by atoms with van der Waals surface area (Å²) < 4.78 is 41.8. The van der Waals surface area contributed by atoms with E-state index in [0.717, 1.165) is 17.5 Å². The fraction of sp³-hybridized carbons (Fsp3) is 0.464. The molecule has 0 bridgehead atoms. The number of methoxy groups -OCH3 is 1. The van der Waals surface area contributed by atoms with Crippen molar-refractivity contribution in [2.24, 2.45) is 0 Å². The molecule has 2 aromatic carbocycles. The van der Waals surface area contributed by atoms with Gasteiger partial charge in [-0.1, -0.05) is 36.3 Å². The van der Waals surface area contributed by atoms with Crippen LogP contribution in [0.25, 0.3) is 11.4 Å². The van der Waals surface area contributed by atoms with Gasteiger partial charge in [0, 0.05) is 38.7 Å². The van der Waals surface area contributed by atoms with E-state index in [4.69, 9.17) is 14.0 Å². The summed E-state index contributed by atoms with van der Waals surface area (Å²) in [6, 6.07) is 14.0. The van der Waals surface area contributed by atoms with Crippen LogP contribution in [0.15, 0.2) is 57.9 Å². The minimum Gasteiger partial charge on any atom is -0.494 e. The Balaban J connectivity index is 0.00000462. The van der Waals surface area contributed by atoms with Gasteiger partial charge in [-0.25, -0.2) is 13.9 Å². The van der Waals surface area contributed by atoms with Crippen molar-refractivity contribution in [2.75, 3.05) is 40.0 Å². The lowest BCUT2D eigenvalue weighted by molar-refractivity contribution is -0.133. The number of aryl methyl sites for hydroxylation is 2. The lowest BCUT2D eigenvalue weighted by atomic mass is 9.95. The third-order valence-electron chi connectivity index (χ3n) is 7.35. The van der Waals surface area contributed by atoms with Crippen molar-refractivity contribution in [3.05, 3.63) is 60.0 Å². The first-order valence-corrected chi connectivity index (χ1v) is 14.9. The van der Waals surface area contributed by atoms with Crippen molar-refractivity contribution in [1.29, 1.82) is 0 Å². The number of likely N-dealkylation sites (tertiary alicyclic amines) is 1. The van der Waals surface area contributed by atoms with Gasteiger partial charge in [-0.3, -0.25) is 10.0 Å². The fourth-order valence-corrected chi connectivity index (χ4v) is 6.90. The maximum Gasteiger partial charge on any atom is 0.265 e. The highest BCUT2D eigenvalue weighted by Gasteiger charge is 2.52. The summed E-state index contributed by atoms with van der Waals surface area (Å²) >= 11 is 0. The van der Waals surface area contributed by atoms with Crippen LogP contribution in [0.4, 0.5) is 0 Å². The maximum atomic E-state index is 13.6. The first kappa shape index (κ1) is 32.5. The van der Waals surface area contributed by atoms with Gasteiger partial charge in [0.2, 0.25) is 11.7 Å². The number of ether oxygens (including phenoxy) is 2. The molecule has 0 aliphatic carbocycles. The Morgan fingerprint density at radius 2 is 1.83 bits per heavy atom. The van der Waals surface area contributed by atoms with Crippen LogP contribution in [-0.4, -0.2) is 79.3 Å². The molecule has 3 aromatic rings. The second kappa shape index (κ2) is 14.7. The van der Waals surface area contributed by atoms with E-state index >= 15 is 0 Å². The van der Waals surface area contributed by atoms with Gasteiger partial charge in [-0.15, -0.1) is 12.4 Å². The number of carbonyl (C=O) groups excluding carboxylic acids is 1. The molecule has 11 nitrogen and oxygen atoms in total. The van der Waals surface area contributed by atoms with Crippen molar-refractivity contribution in [1.82, 2.24) is 20.5 Å². The highest BCUT2D eigenvalue weighted by molar-refractivity contribution is 7.93. The zero-order chi connectivity index (χ0) is 28.6. The molecular weight excluding hydrogens is 572 g/mol. The van der Waals surface area contributed by atoms with E-state index in [-0.39, 0.29) is 30.1 Å². The van der Waals surface area contributed by atoms with Gasteiger partial charge in [0.1, 0.15) is 5.75 Å². The Hall–Kier alpha value is -3.03. The average Bonchev–Trinajstić information content (AvgIpc) is 3.47. The number of hydrogen-bond donors (Lipinski definition) is 2. The first-order chi connectivity index (χ1) is 19.3. The number of hydroxylamine groups is 1. The molecule has 1 fully saturated rings. The van der Waals surface area contributed by atoms with Gasteiger partial charge >= 0.3 is 0 Å². The number of aromatic nitrogens is 2. The molecule has 0 radical (unpaired) electrons. The Labute approximate surface area is 246 Å². The SMILES string of the molecule is CCc1ccccc1-c1noc(CCCOc2ccc(S(=O)(=O)C3(C(=O)NO)CCN(CCOC)CC3)cc2)n1.Cl. The molecule has 1 amide bonds. The lowest BCUT2D eigenvalue weighted by Crippen LogP contribution is -2.57. The zero-order valence-corrected chi connectivity index (χ0v) is 24.9. The van der Waals surface area contributed by atoms with Crippen molar-refractivity contribution in [3.8, 4) is 17.1 Å². The molecule has 1 aliphatic heterocycles. The summed E-state index contributed by atoms with van der Waals surface area (Å²) in [5.74, 6) is 0.670. The van der Waals surface area contributed by atoms with Crippen LogP contribution in [0, 0.1) is 0 Å². The monoisotopic (exact) mass is 608 g/mol. The Bertz CT molecular complexity index is 1370. The first-order valence-electron chi connectivity index (χ1n) is 13.4. The van der Waals surface area contributed by atoms with E-state index in [1.54, 1.807) is 24.7 Å². The van der Waals surface area contributed by atoms with Gasteiger partial charge in [0.25, 0.3) is 5.91 Å². The maximum absolute atomic E-state index is 13.6. The fourth-order valence-electron chi connectivity index (χ4n) is 4.94. The van der Waals surface area contributed by atoms with E-state index in [9.17, 15) is 18.4 Å². The molecule has 1 saturated heterocycles. The molecule has 1 aromatic heterocycles. The van der Waals surface area contributed by atoms with Crippen LogP contribution in [0.5, 0.6) is 5.75 Å². The van der Waals surface area contributed by atoms with E-state index in [0.29, 0.717) is 63.2 Å². The molecule has 0 saturated carbocycles. The van der Waals surface area contributed by atoms with Crippen molar-refractivity contribution in [2.45, 2.75) is 48.7 Å². The molecule has 2 heterocycles. The summed E-state index contributed by atoms with van der Waals surface area (Å²) in [6.07, 6.45) is 2.15. The summed E-state index contributed by atoms with van der Waals surface area (Å²) in [6.45, 7) is 4.38. The normalized spacial score (nSPS) is 15.2. The zero-order valence-electron chi connectivity index (χ0n) is 23.2. The molecule has 13 heteroatoms. The highest BCUT2D eigenvalue weighted by Crippen LogP contribution is 2.36. The largest absolute Gasteiger partial charge is 0.494 e. The van der Waals surface area contributed by atoms with Crippen LogP contribution >= 0.6 is 12.4 Å². The van der Waals surface area contributed by atoms with Crippen molar-refractivity contribution < 1.29 is 32.4 Å². The van der Waals surface area contributed by atoms with Crippen LogP contribution in [-0.2, 0) is 32.2 Å². The smallest absolute Gasteiger partial charge is 0.265 e. The minimum atomic E-state index is -4.10. The number of amides is 1. The van der Waals surface area contributed by atoms with E-state index in [1.165, 1.54) is 12.1 Å². The Kier molecular flexibility index (Phi) is 11.7. The predicted octanol–water partition coefficient (Wildman–Crippen LogP) is 3.49. The number of rotatable bonds is 13. The molecule has 2 N–H and O–H groups in total. The minimum absolute atomic E-state index is 0. The summed E-state index contributed by atoms with van der Waals surface area (Å²) in [7, 11) is -2.50. The van der Waals surface area contributed by atoms with Crippen LogP contribution < -0.4 is 10.2 Å². The number of hydrogen-bond acceptors (Lipinski definition) is 10. The van der Waals surface area contributed by atoms with Gasteiger partial charge in [-0.05, 0) is 55.5 Å². The topological polar surface area (TPSA) is 144 Å². The lowest BCUT2D eigenvalue weighted by Gasteiger charge is -2.39. The van der Waals surface area contributed by atoms with Gasteiger partial charge in [0.05, 0.1) is 18.1 Å².